The van der Waals surface area contributed by atoms with Crippen LogP contribution in [-0.2, 0) is 5.41 Å². The van der Waals surface area contributed by atoms with E-state index in [9.17, 15) is 4.39 Å². The molecular formula is C16H21FN2. The Labute approximate surface area is 114 Å². The molecule has 0 aliphatic heterocycles. The molecule has 0 spiro atoms. The minimum Gasteiger partial charge on any atom is -0.237 e. The molecule has 1 aromatic carbocycles. The fourth-order valence-electron chi connectivity index (χ4n) is 1.96. The van der Waals surface area contributed by atoms with Crippen molar-refractivity contribution < 1.29 is 4.39 Å². The molecule has 0 saturated heterocycles. The lowest BCUT2D eigenvalue weighted by molar-refractivity contribution is 0.559. The van der Waals surface area contributed by atoms with Gasteiger partial charge < -0.3 is 0 Å². The predicted octanol–water partition coefficient (Wildman–Crippen LogP) is 4.43. The first-order chi connectivity index (χ1) is 8.79. The summed E-state index contributed by atoms with van der Waals surface area (Å²) in [4.78, 5) is 0. The van der Waals surface area contributed by atoms with Crippen LogP contribution in [0.25, 0.3) is 5.69 Å². The Hall–Kier alpha value is -1.64. The SMILES string of the molecule is CC(C)c1cc(C(C)(C)C)nn1-c1ccc(F)cc1. The van der Waals surface area contributed by atoms with Crippen LogP contribution < -0.4 is 0 Å². The molecule has 0 atom stereocenters. The summed E-state index contributed by atoms with van der Waals surface area (Å²) in [5, 5.41) is 4.70. The molecule has 0 amide bonds. The molecule has 1 heterocycles. The van der Waals surface area contributed by atoms with Gasteiger partial charge in [-0.1, -0.05) is 34.6 Å². The number of hydrogen-bond acceptors (Lipinski definition) is 1. The Kier molecular flexibility index (Phi) is 3.48. The predicted molar refractivity (Wildman–Crippen MR) is 76.3 cm³/mol. The minimum absolute atomic E-state index is 0.00885. The number of halogens is 1. The first kappa shape index (κ1) is 13.8. The third kappa shape index (κ3) is 2.86. The van der Waals surface area contributed by atoms with Gasteiger partial charge in [-0.05, 0) is 36.2 Å². The van der Waals surface area contributed by atoms with E-state index in [0.29, 0.717) is 5.92 Å². The van der Waals surface area contributed by atoms with Crippen LogP contribution in [0.4, 0.5) is 4.39 Å². The van der Waals surface area contributed by atoms with Gasteiger partial charge in [-0.3, -0.25) is 0 Å². The Balaban J connectivity index is 2.55. The summed E-state index contributed by atoms with van der Waals surface area (Å²) in [6.45, 7) is 10.7. The van der Waals surface area contributed by atoms with E-state index in [1.54, 1.807) is 12.1 Å². The van der Waals surface area contributed by atoms with Crippen LogP contribution in [-0.4, -0.2) is 9.78 Å². The Morgan fingerprint density at radius 1 is 1.11 bits per heavy atom. The highest BCUT2D eigenvalue weighted by Gasteiger charge is 2.21. The highest BCUT2D eigenvalue weighted by atomic mass is 19.1. The second-order valence-electron chi connectivity index (χ2n) is 6.25. The Morgan fingerprint density at radius 3 is 2.16 bits per heavy atom. The molecule has 2 nitrogen and oxygen atoms in total. The zero-order valence-electron chi connectivity index (χ0n) is 12.2. The quantitative estimate of drug-likeness (QED) is 0.781. The van der Waals surface area contributed by atoms with Crippen molar-refractivity contribution in [2.24, 2.45) is 0 Å². The molecule has 19 heavy (non-hydrogen) atoms. The molecule has 0 aliphatic rings. The lowest BCUT2D eigenvalue weighted by Gasteiger charge is -2.14. The molecule has 1 aromatic heterocycles. The highest BCUT2D eigenvalue weighted by molar-refractivity contribution is 5.35. The topological polar surface area (TPSA) is 17.8 Å². The fourth-order valence-corrected chi connectivity index (χ4v) is 1.96. The first-order valence-corrected chi connectivity index (χ1v) is 6.65. The lowest BCUT2D eigenvalue weighted by atomic mass is 9.91. The largest absolute Gasteiger partial charge is 0.237 e. The standard InChI is InChI=1S/C16H21FN2/c1-11(2)14-10-15(16(3,4)5)18-19(14)13-8-6-12(17)7-9-13/h6-11H,1-5H3. The summed E-state index contributed by atoms with van der Waals surface area (Å²) in [6, 6.07) is 8.62. The van der Waals surface area contributed by atoms with Crippen molar-refractivity contribution in [3.05, 3.63) is 47.5 Å². The normalized spacial score (nSPS) is 12.2. The van der Waals surface area contributed by atoms with Crippen LogP contribution in [0, 0.1) is 5.82 Å². The zero-order chi connectivity index (χ0) is 14.2. The highest BCUT2D eigenvalue weighted by Crippen LogP contribution is 2.27. The van der Waals surface area contributed by atoms with E-state index in [0.717, 1.165) is 17.1 Å². The average molecular weight is 260 g/mol. The number of aromatic nitrogens is 2. The van der Waals surface area contributed by atoms with Crippen molar-refractivity contribution in [3.63, 3.8) is 0 Å². The van der Waals surface area contributed by atoms with Gasteiger partial charge in [0.25, 0.3) is 0 Å². The summed E-state index contributed by atoms with van der Waals surface area (Å²) in [5.41, 5.74) is 3.12. The smallest absolute Gasteiger partial charge is 0.123 e. The summed E-state index contributed by atoms with van der Waals surface area (Å²) in [5.74, 6) is 0.145. The van der Waals surface area contributed by atoms with Gasteiger partial charge in [0.2, 0.25) is 0 Å². The number of nitrogens with zero attached hydrogens (tertiary/aromatic N) is 2. The lowest BCUT2D eigenvalue weighted by Crippen LogP contribution is -2.12. The molecule has 0 N–H and O–H groups in total. The minimum atomic E-state index is -0.224. The van der Waals surface area contributed by atoms with Gasteiger partial charge in [-0.2, -0.15) is 5.10 Å². The van der Waals surface area contributed by atoms with E-state index in [1.165, 1.54) is 12.1 Å². The molecule has 0 saturated carbocycles. The van der Waals surface area contributed by atoms with Crippen LogP contribution in [0.3, 0.4) is 0 Å². The third-order valence-electron chi connectivity index (χ3n) is 3.17. The van der Waals surface area contributed by atoms with Crippen molar-refractivity contribution in [2.75, 3.05) is 0 Å². The van der Waals surface area contributed by atoms with E-state index in [-0.39, 0.29) is 11.2 Å². The van der Waals surface area contributed by atoms with Gasteiger partial charge >= 0.3 is 0 Å². The van der Waals surface area contributed by atoms with Crippen molar-refractivity contribution in [2.45, 2.75) is 46.0 Å². The van der Waals surface area contributed by atoms with Crippen molar-refractivity contribution in [3.8, 4) is 5.69 Å². The van der Waals surface area contributed by atoms with Gasteiger partial charge in [-0.15, -0.1) is 0 Å². The maximum Gasteiger partial charge on any atom is 0.123 e. The van der Waals surface area contributed by atoms with Crippen LogP contribution >= 0.6 is 0 Å². The summed E-state index contributed by atoms with van der Waals surface area (Å²) < 4.78 is 14.9. The summed E-state index contributed by atoms with van der Waals surface area (Å²) in [7, 11) is 0. The van der Waals surface area contributed by atoms with Crippen LogP contribution in [0.5, 0.6) is 0 Å². The summed E-state index contributed by atoms with van der Waals surface area (Å²) >= 11 is 0. The molecule has 3 heteroatoms. The summed E-state index contributed by atoms with van der Waals surface area (Å²) in [6.07, 6.45) is 0. The molecule has 102 valence electrons. The van der Waals surface area contributed by atoms with E-state index >= 15 is 0 Å². The first-order valence-electron chi connectivity index (χ1n) is 6.65. The van der Waals surface area contributed by atoms with Crippen LogP contribution in [0.15, 0.2) is 30.3 Å². The van der Waals surface area contributed by atoms with Crippen LogP contribution in [0.1, 0.15) is 51.9 Å². The molecule has 2 rings (SSSR count). The van der Waals surface area contributed by atoms with E-state index < -0.39 is 0 Å². The van der Waals surface area contributed by atoms with Crippen molar-refractivity contribution >= 4 is 0 Å². The van der Waals surface area contributed by atoms with Crippen molar-refractivity contribution in [1.82, 2.24) is 9.78 Å². The molecule has 0 fully saturated rings. The van der Waals surface area contributed by atoms with E-state index in [2.05, 4.69) is 40.7 Å². The Morgan fingerprint density at radius 2 is 1.68 bits per heavy atom. The maximum atomic E-state index is 13.0. The van der Waals surface area contributed by atoms with Crippen molar-refractivity contribution in [1.29, 1.82) is 0 Å². The van der Waals surface area contributed by atoms with Gasteiger partial charge in [-0.25, -0.2) is 9.07 Å². The number of benzene rings is 1. The maximum absolute atomic E-state index is 13.0. The third-order valence-corrected chi connectivity index (χ3v) is 3.17. The van der Waals surface area contributed by atoms with Gasteiger partial charge in [0.1, 0.15) is 5.82 Å². The fraction of sp³-hybridized carbons (Fsp3) is 0.438. The van der Waals surface area contributed by atoms with Crippen LogP contribution in [0.2, 0.25) is 0 Å². The molecule has 0 unspecified atom stereocenters. The van der Waals surface area contributed by atoms with Gasteiger partial charge in [0.05, 0.1) is 11.4 Å². The Bertz CT molecular complexity index is 559. The molecule has 0 bridgehead atoms. The van der Waals surface area contributed by atoms with E-state index in [1.807, 2.05) is 4.68 Å². The van der Waals surface area contributed by atoms with Gasteiger partial charge in [0.15, 0.2) is 0 Å². The number of rotatable bonds is 2. The second kappa shape index (κ2) is 4.80. The molecule has 0 radical (unpaired) electrons. The molecule has 2 aromatic rings. The zero-order valence-corrected chi connectivity index (χ0v) is 12.2. The average Bonchev–Trinajstić information content (AvgIpc) is 2.74. The molecular weight excluding hydrogens is 239 g/mol. The molecule has 0 aliphatic carbocycles. The van der Waals surface area contributed by atoms with E-state index in [4.69, 9.17) is 5.10 Å². The monoisotopic (exact) mass is 260 g/mol. The second-order valence-corrected chi connectivity index (χ2v) is 6.25. The number of hydrogen-bond donors (Lipinski definition) is 0. The van der Waals surface area contributed by atoms with Gasteiger partial charge in [0, 0.05) is 11.1 Å².